The van der Waals surface area contributed by atoms with Crippen molar-refractivity contribution in [2.24, 2.45) is 0 Å². The fourth-order valence-corrected chi connectivity index (χ4v) is 7.63. The average Bonchev–Trinajstić information content (AvgIpc) is 3.72. The van der Waals surface area contributed by atoms with E-state index >= 15 is 0 Å². The van der Waals surface area contributed by atoms with Crippen molar-refractivity contribution < 1.29 is 17.6 Å². The maximum Gasteiger partial charge on any atom is 0.266 e. The summed E-state index contributed by atoms with van der Waals surface area (Å²) < 4.78 is 36.0. The van der Waals surface area contributed by atoms with Gasteiger partial charge in [0, 0.05) is 30.4 Å². The van der Waals surface area contributed by atoms with E-state index in [2.05, 4.69) is 0 Å². The van der Waals surface area contributed by atoms with Crippen LogP contribution in [0.25, 0.3) is 23.0 Å². The molecule has 204 valence electrons. The molecule has 0 radical (unpaired) electrons. The molecule has 0 saturated carbocycles. The smallest absolute Gasteiger partial charge is 0.266 e. The van der Waals surface area contributed by atoms with E-state index in [0.717, 1.165) is 24.9 Å². The van der Waals surface area contributed by atoms with E-state index in [-0.39, 0.29) is 17.3 Å². The quantitative estimate of drug-likeness (QED) is 0.201. The molecule has 11 heteroatoms. The number of furan rings is 1. The van der Waals surface area contributed by atoms with Crippen molar-refractivity contribution in [1.82, 2.24) is 19.0 Å². The monoisotopic (exact) mass is 590 g/mol. The lowest BCUT2D eigenvalue weighted by Gasteiger charge is -2.26. The van der Waals surface area contributed by atoms with Crippen LogP contribution < -0.4 is 0 Å². The Bertz CT molecular complexity index is 1690. The van der Waals surface area contributed by atoms with Gasteiger partial charge in [0.15, 0.2) is 0 Å². The van der Waals surface area contributed by atoms with E-state index in [1.165, 1.54) is 16.7 Å². The molecule has 2 saturated heterocycles. The average molecular weight is 591 g/mol. The van der Waals surface area contributed by atoms with E-state index in [9.17, 15) is 13.2 Å². The van der Waals surface area contributed by atoms with Gasteiger partial charge in [-0.3, -0.25) is 9.69 Å². The van der Waals surface area contributed by atoms with Crippen LogP contribution in [-0.2, 0) is 21.4 Å². The number of aromatic nitrogens is 2. The maximum atomic E-state index is 13.4. The number of para-hydroxylation sites is 1. The van der Waals surface area contributed by atoms with Crippen molar-refractivity contribution in [2.45, 2.75) is 30.7 Å². The number of carbonyl (C=O) groups is 1. The molecule has 0 aliphatic carbocycles. The number of sulfonamides is 1. The number of thioether (sulfide) groups is 1. The molecule has 8 nitrogen and oxygen atoms in total. The van der Waals surface area contributed by atoms with Crippen molar-refractivity contribution >= 4 is 50.3 Å². The number of piperidine rings is 1. The van der Waals surface area contributed by atoms with Crippen LogP contribution in [0.15, 0.2) is 93.4 Å². The van der Waals surface area contributed by atoms with Crippen molar-refractivity contribution in [3.8, 4) is 16.9 Å². The molecule has 4 aromatic rings. The highest BCUT2D eigenvalue weighted by atomic mass is 32.2. The number of amides is 1. The molecular weight excluding hydrogens is 565 g/mol. The van der Waals surface area contributed by atoms with Crippen molar-refractivity contribution in [2.75, 3.05) is 13.1 Å². The lowest BCUT2D eigenvalue weighted by molar-refractivity contribution is -0.122. The zero-order valence-corrected chi connectivity index (χ0v) is 23.9. The maximum absolute atomic E-state index is 13.4. The Kier molecular flexibility index (Phi) is 7.45. The molecule has 40 heavy (non-hydrogen) atoms. The minimum Gasteiger partial charge on any atom is -0.467 e. The van der Waals surface area contributed by atoms with Crippen molar-refractivity contribution in [1.29, 1.82) is 0 Å². The summed E-state index contributed by atoms with van der Waals surface area (Å²) in [4.78, 5) is 15.5. The Balaban J connectivity index is 1.39. The van der Waals surface area contributed by atoms with Gasteiger partial charge < -0.3 is 4.42 Å². The fourth-order valence-electron chi connectivity index (χ4n) is 4.82. The molecule has 0 bridgehead atoms. The number of nitrogens with zero attached hydrogens (tertiary/aromatic N) is 4. The highest BCUT2D eigenvalue weighted by Gasteiger charge is 2.33. The predicted octanol–water partition coefficient (Wildman–Crippen LogP) is 5.71. The summed E-state index contributed by atoms with van der Waals surface area (Å²) in [5, 5.41) is 4.83. The van der Waals surface area contributed by atoms with Crippen LogP contribution in [0.3, 0.4) is 0 Å². The molecule has 2 fully saturated rings. The first-order chi connectivity index (χ1) is 19.4. The van der Waals surface area contributed by atoms with Gasteiger partial charge in [0.25, 0.3) is 5.91 Å². The summed E-state index contributed by atoms with van der Waals surface area (Å²) in [6.45, 7) is 1.31. The number of benzene rings is 2. The second-order valence-electron chi connectivity index (χ2n) is 9.55. The Morgan fingerprint density at radius 2 is 1.80 bits per heavy atom. The topological polar surface area (TPSA) is 88.6 Å². The second kappa shape index (κ2) is 11.2. The first kappa shape index (κ1) is 26.7. The summed E-state index contributed by atoms with van der Waals surface area (Å²) in [5.41, 5.74) is 2.72. The molecule has 2 aromatic carbocycles. The van der Waals surface area contributed by atoms with Crippen LogP contribution in [0.5, 0.6) is 0 Å². The Hall–Kier alpha value is -3.51. The van der Waals surface area contributed by atoms with Crippen LogP contribution in [0.4, 0.5) is 0 Å². The van der Waals surface area contributed by atoms with Gasteiger partial charge in [-0.1, -0.05) is 60.7 Å². The minimum atomic E-state index is -3.63. The summed E-state index contributed by atoms with van der Waals surface area (Å²) in [6, 6.07) is 20.1. The third-order valence-electron chi connectivity index (χ3n) is 6.88. The van der Waals surface area contributed by atoms with E-state index in [0.29, 0.717) is 44.9 Å². The van der Waals surface area contributed by atoms with Gasteiger partial charge in [0.05, 0.1) is 28.3 Å². The molecule has 6 rings (SSSR count). The molecule has 0 N–H and O–H groups in total. The normalized spacial score (nSPS) is 17.7. The van der Waals surface area contributed by atoms with Crippen LogP contribution in [0.2, 0.25) is 0 Å². The molecule has 0 unspecified atom stereocenters. The lowest BCUT2D eigenvalue weighted by atomic mass is 10.1. The van der Waals surface area contributed by atoms with Gasteiger partial charge in [-0.15, -0.1) is 0 Å². The van der Waals surface area contributed by atoms with Crippen LogP contribution >= 0.6 is 24.0 Å². The van der Waals surface area contributed by atoms with Gasteiger partial charge in [-0.05, 0) is 55.3 Å². The SMILES string of the molecule is O=C1C(=Cc2cn(-c3ccccc3)nc2-c2cccc(S(=O)(=O)N3CCCCC3)c2)SC(=S)N1Cc1ccco1. The molecule has 4 heterocycles. The third kappa shape index (κ3) is 5.29. The first-order valence-electron chi connectivity index (χ1n) is 12.9. The molecule has 2 aromatic heterocycles. The number of thiocarbonyl (C=S) groups is 1. The Morgan fingerprint density at radius 1 is 1.00 bits per heavy atom. The van der Waals surface area contributed by atoms with E-state index in [1.807, 2.05) is 42.6 Å². The molecular formula is C29H26N4O4S3. The standard InChI is InChI=1S/C29H26N4O4S3/c34-28-26(39-29(38)32(28)20-24-12-8-16-37-24)18-22-19-33(23-10-3-1-4-11-23)30-27(22)21-9-7-13-25(17-21)40(35,36)31-14-5-2-6-15-31/h1,3-4,7-13,16-19H,2,5-6,14-15,20H2. The molecule has 0 spiro atoms. The number of rotatable bonds is 7. The van der Waals surface area contributed by atoms with Gasteiger partial charge in [0.2, 0.25) is 10.0 Å². The van der Waals surface area contributed by atoms with Gasteiger partial charge in [-0.2, -0.15) is 9.40 Å². The van der Waals surface area contributed by atoms with Crippen LogP contribution in [0, 0.1) is 0 Å². The van der Waals surface area contributed by atoms with Crippen LogP contribution in [-0.4, -0.2) is 50.7 Å². The van der Waals surface area contributed by atoms with Crippen LogP contribution in [0.1, 0.15) is 30.6 Å². The van der Waals surface area contributed by atoms with E-state index in [4.69, 9.17) is 21.7 Å². The summed E-state index contributed by atoms with van der Waals surface area (Å²) >= 11 is 6.73. The largest absolute Gasteiger partial charge is 0.467 e. The summed E-state index contributed by atoms with van der Waals surface area (Å²) in [6.07, 6.45) is 7.95. The number of hydrogen-bond acceptors (Lipinski definition) is 7. The Morgan fingerprint density at radius 3 is 2.55 bits per heavy atom. The van der Waals surface area contributed by atoms with Crippen molar-refractivity contribution in [3.63, 3.8) is 0 Å². The lowest BCUT2D eigenvalue weighted by Crippen LogP contribution is -2.35. The van der Waals surface area contributed by atoms with Crippen molar-refractivity contribution in [3.05, 3.63) is 95.4 Å². The molecule has 2 aliphatic rings. The first-order valence-corrected chi connectivity index (χ1v) is 15.6. The fraction of sp³-hybridized carbons (Fsp3) is 0.207. The zero-order chi connectivity index (χ0) is 27.7. The molecule has 1 amide bonds. The van der Waals surface area contributed by atoms with E-state index in [1.54, 1.807) is 51.7 Å². The number of carbonyl (C=O) groups excluding carboxylic acids is 1. The second-order valence-corrected chi connectivity index (χ2v) is 13.2. The molecule has 0 atom stereocenters. The predicted molar refractivity (Wildman–Crippen MR) is 159 cm³/mol. The van der Waals surface area contributed by atoms with Gasteiger partial charge in [-0.25, -0.2) is 13.1 Å². The van der Waals surface area contributed by atoms with E-state index < -0.39 is 10.0 Å². The third-order valence-corrected chi connectivity index (χ3v) is 10.2. The highest BCUT2D eigenvalue weighted by Crippen LogP contribution is 2.36. The summed E-state index contributed by atoms with van der Waals surface area (Å²) in [7, 11) is -3.63. The number of hydrogen-bond donors (Lipinski definition) is 0. The minimum absolute atomic E-state index is 0.216. The molecule has 2 aliphatic heterocycles. The van der Waals surface area contributed by atoms with Gasteiger partial charge >= 0.3 is 0 Å². The highest BCUT2D eigenvalue weighted by molar-refractivity contribution is 8.26. The summed E-state index contributed by atoms with van der Waals surface area (Å²) in [5.74, 6) is 0.424. The zero-order valence-electron chi connectivity index (χ0n) is 21.5. The van der Waals surface area contributed by atoms with Gasteiger partial charge in [0.1, 0.15) is 15.8 Å². The Labute approximate surface area is 242 Å².